The molecule has 1 aliphatic heterocycles. The molecule has 1 aromatic carbocycles. The molecule has 0 saturated carbocycles. The monoisotopic (exact) mass is 487 g/mol. The van der Waals surface area contributed by atoms with Gasteiger partial charge in [0, 0.05) is 32.7 Å². The van der Waals surface area contributed by atoms with E-state index >= 15 is 0 Å². The molecule has 0 spiro atoms. The second-order valence-electron chi connectivity index (χ2n) is 6.63. The van der Waals surface area contributed by atoms with Gasteiger partial charge in [-0.1, -0.05) is 17.7 Å². The zero-order chi connectivity index (χ0) is 22.6. The van der Waals surface area contributed by atoms with Crippen molar-refractivity contribution in [3.8, 4) is 5.75 Å². The zero-order valence-electron chi connectivity index (χ0n) is 17.0. The molecule has 1 aliphatic rings. The summed E-state index contributed by atoms with van der Waals surface area (Å²) in [6.45, 7) is 1.11. The first kappa shape index (κ1) is 23.3. The fraction of sp³-hybridized carbons (Fsp3) is 0.368. The molecule has 1 N–H and O–H groups in total. The molecule has 2 amide bonds. The summed E-state index contributed by atoms with van der Waals surface area (Å²) in [5.74, 6) is -0.152. The number of ether oxygens (including phenoxy) is 2. The number of methoxy groups -OCH3 is 2. The van der Waals surface area contributed by atoms with Crippen LogP contribution in [0.2, 0.25) is 4.34 Å². The van der Waals surface area contributed by atoms with Crippen LogP contribution in [0, 0.1) is 0 Å². The Morgan fingerprint density at radius 3 is 2.42 bits per heavy atom. The Labute approximate surface area is 189 Å². The maximum atomic E-state index is 12.7. The number of nitrogens with zero attached hydrogens (tertiary/aromatic N) is 2. The number of hydrogen-bond acceptors (Lipinski definition) is 7. The summed E-state index contributed by atoms with van der Waals surface area (Å²) in [7, 11) is -0.879. The summed E-state index contributed by atoms with van der Waals surface area (Å²) < 4.78 is 37.2. The van der Waals surface area contributed by atoms with Gasteiger partial charge in [-0.15, -0.1) is 11.3 Å². The van der Waals surface area contributed by atoms with Gasteiger partial charge in [0.2, 0.25) is 0 Å². The van der Waals surface area contributed by atoms with Gasteiger partial charge >= 0.3 is 12.0 Å². The Morgan fingerprint density at radius 1 is 1.13 bits per heavy atom. The molecule has 1 fully saturated rings. The lowest BCUT2D eigenvalue weighted by Crippen LogP contribution is -2.52. The molecule has 2 aromatic rings. The van der Waals surface area contributed by atoms with Crippen molar-refractivity contribution in [1.82, 2.24) is 14.5 Å². The number of sulfonamides is 1. The number of halogens is 1. The van der Waals surface area contributed by atoms with E-state index in [1.165, 1.54) is 24.6 Å². The lowest BCUT2D eigenvalue weighted by atomic mass is 10.1. The maximum Gasteiger partial charge on any atom is 0.341 e. The molecule has 9 nitrogen and oxygen atoms in total. The van der Waals surface area contributed by atoms with Crippen LogP contribution in [0.15, 0.2) is 34.5 Å². The normalized spacial score (nSPS) is 14.9. The van der Waals surface area contributed by atoms with Crippen LogP contribution in [0.4, 0.5) is 4.79 Å². The van der Waals surface area contributed by atoms with Crippen LogP contribution in [-0.2, 0) is 21.3 Å². The molecule has 168 valence electrons. The summed E-state index contributed by atoms with van der Waals surface area (Å²) in [6, 6.07) is 7.69. The number of amides is 2. The second-order valence-corrected chi connectivity index (χ2v) is 10.5. The van der Waals surface area contributed by atoms with Crippen molar-refractivity contribution in [1.29, 1.82) is 0 Å². The highest BCUT2D eigenvalue weighted by molar-refractivity contribution is 7.91. The number of carbonyl (C=O) groups is 2. The van der Waals surface area contributed by atoms with Crippen molar-refractivity contribution in [3.63, 3.8) is 0 Å². The maximum absolute atomic E-state index is 12.7. The van der Waals surface area contributed by atoms with Gasteiger partial charge in [0.1, 0.15) is 15.5 Å². The van der Waals surface area contributed by atoms with E-state index in [4.69, 9.17) is 21.1 Å². The van der Waals surface area contributed by atoms with Crippen LogP contribution in [0.1, 0.15) is 15.9 Å². The molecule has 0 aliphatic carbocycles. The summed E-state index contributed by atoms with van der Waals surface area (Å²) in [5, 5.41) is 2.79. The summed E-state index contributed by atoms with van der Waals surface area (Å²) in [5.41, 5.74) is 0.967. The first-order chi connectivity index (χ1) is 14.8. The van der Waals surface area contributed by atoms with Gasteiger partial charge in [0.15, 0.2) is 0 Å². The van der Waals surface area contributed by atoms with E-state index in [1.807, 2.05) is 0 Å². The molecule has 12 heteroatoms. The van der Waals surface area contributed by atoms with Crippen LogP contribution in [0.3, 0.4) is 0 Å². The number of carbonyl (C=O) groups excluding carboxylic acids is 2. The largest absolute Gasteiger partial charge is 0.496 e. The van der Waals surface area contributed by atoms with Crippen molar-refractivity contribution in [3.05, 3.63) is 45.8 Å². The molecule has 2 heterocycles. The number of rotatable bonds is 6. The Morgan fingerprint density at radius 2 is 1.84 bits per heavy atom. The molecule has 3 rings (SSSR count). The van der Waals surface area contributed by atoms with E-state index < -0.39 is 16.0 Å². The third kappa shape index (κ3) is 5.29. The Balaban J connectivity index is 1.57. The SMILES string of the molecule is COC(=O)c1cc(CNC(=O)N2CCN(S(=O)(=O)c3ccc(Cl)s3)CC2)ccc1OC. The van der Waals surface area contributed by atoms with Gasteiger partial charge in [-0.3, -0.25) is 0 Å². The molecule has 0 bridgehead atoms. The minimum absolute atomic E-state index is 0.191. The Kier molecular flexibility index (Phi) is 7.42. The van der Waals surface area contributed by atoms with Crippen LogP contribution in [-0.4, -0.2) is 70.0 Å². The summed E-state index contributed by atoms with van der Waals surface area (Å²) >= 11 is 6.86. The first-order valence-electron chi connectivity index (χ1n) is 9.29. The van der Waals surface area contributed by atoms with Crippen LogP contribution < -0.4 is 10.1 Å². The number of urea groups is 1. The van der Waals surface area contributed by atoms with Crippen LogP contribution in [0.25, 0.3) is 0 Å². The Hall–Kier alpha value is -2.34. The van der Waals surface area contributed by atoms with Crippen molar-refractivity contribution in [2.75, 3.05) is 40.4 Å². The van der Waals surface area contributed by atoms with Crippen molar-refractivity contribution in [2.24, 2.45) is 0 Å². The fourth-order valence-corrected chi connectivity index (χ4v) is 6.18. The zero-order valence-corrected chi connectivity index (χ0v) is 19.3. The third-order valence-electron chi connectivity index (χ3n) is 4.78. The molecular weight excluding hydrogens is 466 g/mol. The minimum Gasteiger partial charge on any atom is -0.496 e. The number of nitrogens with one attached hydrogen (secondary N) is 1. The topological polar surface area (TPSA) is 105 Å². The molecule has 31 heavy (non-hydrogen) atoms. The molecule has 0 radical (unpaired) electrons. The number of esters is 1. The minimum atomic E-state index is -3.61. The highest BCUT2D eigenvalue weighted by atomic mass is 35.5. The number of piperazine rings is 1. The van der Waals surface area contributed by atoms with Crippen molar-refractivity contribution in [2.45, 2.75) is 10.8 Å². The van der Waals surface area contributed by atoms with Gasteiger partial charge in [-0.05, 0) is 29.8 Å². The fourth-order valence-electron chi connectivity index (χ4n) is 3.12. The molecular formula is C19H22ClN3O6S2. The predicted octanol–water partition coefficient (Wildman–Crippen LogP) is 2.41. The molecule has 0 unspecified atom stereocenters. The third-order valence-corrected chi connectivity index (χ3v) is 8.38. The van der Waals surface area contributed by atoms with Crippen molar-refractivity contribution < 1.29 is 27.5 Å². The lowest BCUT2D eigenvalue weighted by Gasteiger charge is -2.33. The quantitative estimate of drug-likeness (QED) is 0.627. The van der Waals surface area contributed by atoms with E-state index in [0.29, 0.717) is 15.6 Å². The standard InChI is InChI=1S/C19H22ClN3O6S2/c1-28-15-4-3-13(11-14(15)18(24)29-2)12-21-19(25)22-7-9-23(10-8-22)31(26,27)17-6-5-16(20)30-17/h3-6,11H,7-10,12H2,1-2H3,(H,21,25). The number of benzene rings is 1. The van der Waals surface area contributed by atoms with Gasteiger partial charge in [-0.25, -0.2) is 18.0 Å². The van der Waals surface area contributed by atoms with Gasteiger partial charge < -0.3 is 19.7 Å². The van der Waals surface area contributed by atoms with Crippen LogP contribution >= 0.6 is 22.9 Å². The van der Waals surface area contributed by atoms with E-state index in [2.05, 4.69) is 5.32 Å². The number of hydrogen-bond donors (Lipinski definition) is 1. The smallest absolute Gasteiger partial charge is 0.341 e. The van der Waals surface area contributed by atoms with Gasteiger partial charge in [0.25, 0.3) is 10.0 Å². The average Bonchev–Trinajstić information content (AvgIpc) is 3.24. The van der Waals surface area contributed by atoms with Gasteiger partial charge in [0.05, 0.1) is 18.6 Å². The molecule has 1 aromatic heterocycles. The van der Waals surface area contributed by atoms with Gasteiger partial charge in [-0.2, -0.15) is 4.31 Å². The van der Waals surface area contributed by atoms with E-state index in [1.54, 1.807) is 29.2 Å². The van der Waals surface area contributed by atoms with E-state index in [-0.39, 0.29) is 48.5 Å². The molecule has 1 saturated heterocycles. The summed E-state index contributed by atoms with van der Waals surface area (Å²) in [6.07, 6.45) is 0. The van der Waals surface area contributed by atoms with E-state index in [9.17, 15) is 18.0 Å². The second kappa shape index (κ2) is 9.86. The predicted molar refractivity (Wildman–Crippen MR) is 116 cm³/mol. The first-order valence-corrected chi connectivity index (χ1v) is 11.9. The number of thiophene rings is 1. The Bertz CT molecular complexity index is 1060. The highest BCUT2D eigenvalue weighted by Gasteiger charge is 2.31. The summed E-state index contributed by atoms with van der Waals surface area (Å²) in [4.78, 5) is 26.0. The highest BCUT2D eigenvalue weighted by Crippen LogP contribution is 2.28. The lowest BCUT2D eigenvalue weighted by molar-refractivity contribution is 0.0597. The average molecular weight is 488 g/mol. The van der Waals surface area contributed by atoms with Crippen LogP contribution in [0.5, 0.6) is 5.75 Å². The van der Waals surface area contributed by atoms with Crippen molar-refractivity contribution >= 4 is 45.0 Å². The van der Waals surface area contributed by atoms with E-state index in [0.717, 1.165) is 11.3 Å². The molecule has 0 atom stereocenters.